The summed E-state index contributed by atoms with van der Waals surface area (Å²) in [7, 11) is 0. The molecule has 1 aliphatic carbocycles. The van der Waals surface area contributed by atoms with Crippen LogP contribution in [-0.4, -0.2) is 34.2 Å². The lowest BCUT2D eigenvalue weighted by molar-refractivity contribution is 0.102. The van der Waals surface area contributed by atoms with Gasteiger partial charge in [-0.3, -0.25) is 9.78 Å². The van der Waals surface area contributed by atoms with Crippen LogP contribution in [0.25, 0.3) is 0 Å². The lowest BCUT2D eigenvalue weighted by Crippen LogP contribution is -2.19. The zero-order chi connectivity index (χ0) is 16.9. The first-order valence-corrected chi connectivity index (χ1v) is 8.18. The van der Waals surface area contributed by atoms with E-state index in [9.17, 15) is 4.79 Å². The molecule has 0 unspecified atom stereocenters. The molecule has 0 spiro atoms. The summed E-state index contributed by atoms with van der Waals surface area (Å²) >= 11 is 0. The van der Waals surface area contributed by atoms with Crippen LogP contribution >= 0.6 is 0 Å². The molecule has 2 N–H and O–H groups in total. The average molecular weight is 327 g/mol. The number of aromatic nitrogens is 2. The number of aliphatic hydroxyl groups is 1. The standard InChI is InChI=1S/C18H21N3O3/c1-12-10-15(14-4-2-3-5-16(14)20-12)18(23)21-13-6-7-19-17(11-13)24-9-8-22/h6-7,10-11,22H,2-5,8-9H2,1H3,(H,19,21,23). The number of fused-ring (bicyclic) bond motifs is 1. The van der Waals surface area contributed by atoms with E-state index in [2.05, 4.69) is 15.3 Å². The van der Waals surface area contributed by atoms with Gasteiger partial charge in [0.2, 0.25) is 5.88 Å². The van der Waals surface area contributed by atoms with E-state index < -0.39 is 0 Å². The van der Waals surface area contributed by atoms with E-state index in [0.717, 1.165) is 42.6 Å². The summed E-state index contributed by atoms with van der Waals surface area (Å²) in [5, 5.41) is 11.7. The summed E-state index contributed by atoms with van der Waals surface area (Å²) in [5.41, 5.74) is 4.29. The normalized spacial score (nSPS) is 13.2. The second kappa shape index (κ2) is 7.40. The number of aryl methyl sites for hydroxylation is 2. The summed E-state index contributed by atoms with van der Waals surface area (Å²) in [6.07, 6.45) is 5.61. The largest absolute Gasteiger partial charge is 0.475 e. The highest BCUT2D eigenvalue weighted by Gasteiger charge is 2.20. The van der Waals surface area contributed by atoms with Crippen LogP contribution in [0.15, 0.2) is 24.4 Å². The first-order valence-electron chi connectivity index (χ1n) is 8.18. The third-order valence-corrected chi connectivity index (χ3v) is 4.01. The summed E-state index contributed by atoms with van der Waals surface area (Å²) in [5.74, 6) is 0.229. The topological polar surface area (TPSA) is 84.3 Å². The Balaban J connectivity index is 1.82. The quantitative estimate of drug-likeness (QED) is 0.880. The minimum Gasteiger partial charge on any atom is -0.475 e. The number of hydrogen-bond donors (Lipinski definition) is 2. The van der Waals surface area contributed by atoms with Crippen LogP contribution in [0.1, 0.15) is 40.2 Å². The summed E-state index contributed by atoms with van der Waals surface area (Å²) in [6, 6.07) is 5.21. The van der Waals surface area contributed by atoms with Crippen LogP contribution in [0.4, 0.5) is 5.69 Å². The highest BCUT2D eigenvalue weighted by Crippen LogP contribution is 2.25. The molecule has 2 aromatic rings. The predicted octanol–water partition coefficient (Wildman–Crippen LogP) is 2.29. The smallest absolute Gasteiger partial charge is 0.256 e. The maximum Gasteiger partial charge on any atom is 0.256 e. The molecular weight excluding hydrogens is 306 g/mol. The molecular formula is C18H21N3O3. The van der Waals surface area contributed by atoms with E-state index in [4.69, 9.17) is 9.84 Å². The fraction of sp³-hybridized carbons (Fsp3) is 0.389. The fourth-order valence-corrected chi connectivity index (χ4v) is 2.96. The van der Waals surface area contributed by atoms with Crippen molar-refractivity contribution in [2.24, 2.45) is 0 Å². The Hall–Kier alpha value is -2.47. The van der Waals surface area contributed by atoms with Crippen LogP contribution in [0.2, 0.25) is 0 Å². The Bertz CT molecular complexity index is 746. The minimum absolute atomic E-state index is 0.0826. The second-order valence-electron chi connectivity index (χ2n) is 5.85. The zero-order valence-corrected chi connectivity index (χ0v) is 13.7. The number of rotatable bonds is 5. The second-order valence-corrected chi connectivity index (χ2v) is 5.85. The molecule has 24 heavy (non-hydrogen) atoms. The van der Waals surface area contributed by atoms with Crippen molar-refractivity contribution in [2.45, 2.75) is 32.6 Å². The van der Waals surface area contributed by atoms with Gasteiger partial charge in [0.1, 0.15) is 6.61 Å². The van der Waals surface area contributed by atoms with Crippen LogP contribution < -0.4 is 10.1 Å². The first kappa shape index (κ1) is 16.4. The number of pyridine rings is 2. The fourth-order valence-electron chi connectivity index (χ4n) is 2.96. The lowest BCUT2D eigenvalue weighted by Gasteiger charge is -2.19. The van der Waals surface area contributed by atoms with Crippen LogP contribution in [0, 0.1) is 6.92 Å². The van der Waals surface area contributed by atoms with Gasteiger partial charge in [-0.25, -0.2) is 4.98 Å². The summed E-state index contributed by atoms with van der Waals surface area (Å²) in [6.45, 7) is 2.00. The third kappa shape index (κ3) is 3.71. The molecule has 2 aromatic heterocycles. The predicted molar refractivity (Wildman–Crippen MR) is 90.4 cm³/mol. The van der Waals surface area contributed by atoms with Gasteiger partial charge in [0.25, 0.3) is 5.91 Å². The number of carbonyl (C=O) groups excluding carboxylic acids is 1. The van der Waals surface area contributed by atoms with Gasteiger partial charge in [0.15, 0.2) is 0 Å². The van der Waals surface area contributed by atoms with Crippen molar-refractivity contribution in [1.29, 1.82) is 0 Å². The Morgan fingerprint density at radius 2 is 2.17 bits per heavy atom. The zero-order valence-electron chi connectivity index (χ0n) is 13.7. The number of nitrogens with one attached hydrogen (secondary N) is 1. The van der Waals surface area contributed by atoms with Crippen molar-refractivity contribution in [1.82, 2.24) is 9.97 Å². The summed E-state index contributed by atoms with van der Waals surface area (Å²) < 4.78 is 5.27. The molecule has 0 aliphatic heterocycles. The molecule has 0 radical (unpaired) electrons. The number of aliphatic hydroxyl groups excluding tert-OH is 1. The number of amides is 1. The van der Waals surface area contributed by atoms with E-state index in [1.807, 2.05) is 13.0 Å². The minimum atomic E-state index is -0.141. The highest BCUT2D eigenvalue weighted by molar-refractivity contribution is 6.05. The van der Waals surface area contributed by atoms with Crippen molar-refractivity contribution in [2.75, 3.05) is 18.5 Å². The van der Waals surface area contributed by atoms with Gasteiger partial charge in [0.05, 0.1) is 6.61 Å². The third-order valence-electron chi connectivity index (χ3n) is 4.01. The van der Waals surface area contributed by atoms with Gasteiger partial charge in [-0.2, -0.15) is 0 Å². The first-order chi connectivity index (χ1) is 11.7. The van der Waals surface area contributed by atoms with Gasteiger partial charge in [-0.15, -0.1) is 0 Å². The van der Waals surface area contributed by atoms with Gasteiger partial charge in [0, 0.05) is 34.9 Å². The molecule has 0 fully saturated rings. The van der Waals surface area contributed by atoms with Crippen molar-refractivity contribution in [3.63, 3.8) is 0 Å². The molecule has 126 valence electrons. The molecule has 0 atom stereocenters. The Morgan fingerprint density at radius 3 is 3.00 bits per heavy atom. The average Bonchev–Trinajstić information content (AvgIpc) is 2.59. The molecule has 0 aromatic carbocycles. The van der Waals surface area contributed by atoms with E-state index >= 15 is 0 Å². The number of anilines is 1. The van der Waals surface area contributed by atoms with E-state index in [0.29, 0.717) is 17.1 Å². The van der Waals surface area contributed by atoms with Crippen LogP contribution in [0.5, 0.6) is 5.88 Å². The van der Waals surface area contributed by atoms with Crippen molar-refractivity contribution in [3.8, 4) is 5.88 Å². The van der Waals surface area contributed by atoms with Crippen LogP contribution in [0.3, 0.4) is 0 Å². The molecule has 6 nitrogen and oxygen atoms in total. The maximum atomic E-state index is 12.7. The molecule has 6 heteroatoms. The maximum absolute atomic E-state index is 12.7. The monoisotopic (exact) mass is 327 g/mol. The van der Waals surface area contributed by atoms with Gasteiger partial charge in [-0.1, -0.05) is 0 Å². The molecule has 0 bridgehead atoms. The highest BCUT2D eigenvalue weighted by atomic mass is 16.5. The van der Waals surface area contributed by atoms with E-state index in [-0.39, 0.29) is 19.1 Å². The van der Waals surface area contributed by atoms with Crippen molar-refractivity contribution < 1.29 is 14.6 Å². The van der Waals surface area contributed by atoms with E-state index in [1.54, 1.807) is 18.3 Å². The van der Waals surface area contributed by atoms with Crippen molar-refractivity contribution >= 4 is 11.6 Å². The van der Waals surface area contributed by atoms with Crippen molar-refractivity contribution in [3.05, 3.63) is 46.9 Å². The molecule has 1 amide bonds. The Morgan fingerprint density at radius 1 is 1.33 bits per heavy atom. The number of ether oxygens (including phenoxy) is 1. The van der Waals surface area contributed by atoms with Gasteiger partial charge >= 0.3 is 0 Å². The summed E-state index contributed by atoms with van der Waals surface area (Å²) in [4.78, 5) is 21.3. The molecule has 0 saturated carbocycles. The van der Waals surface area contributed by atoms with E-state index in [1.165, 1.54) is 0 Å². The molecule has 3 rings (SSSR count). The van der Waals surface area contributed by atoms with Gasteiger partial charge < -0.3 is 15.2 Å². The van der Waals surface area contributed by atoms with Crippen LogP contribution in [-0.2, 0) is 12.8 Å². The number of nitrogens with zero attached hydrogens (tertiary/aromatic N) is 2. The molecule has 1 aliphatic rings. The SMILES string of the molecule is Cc1cc(C(=O)Nc2ccnc(OCCO)c2)c2c(n1)CCCC2. The van der Waals surface area contributed by atoms with Gasteiger partial charge in [-0.05, 0) is 50.3 Å². The molecule has 2 heterocycles. The Kier molecular flexibility index (Phi) is 5.05. The lowest BCUT2D eigenvalue weighted by atomic mass is 9.91. The number of carbonyl (C=O) groups is 1. The number of hydrogen-bond acceptors (Lipinski definition) is 5. The molecule has 0 saturated heterocycles. The Labute approximate surface area is 140 Å².